The zero-order valence-corrected chi connectivity index (χ0v) is 20.1. The fourth-order valence-corrected chi connectivity index (χ4v) is 3.61. The summed E-state index contributed by atoms with van der Waals surface area (Å²) in [4.78, 5) is 42.7. The molecule has 0 saturated carbocycles. The van der Waals surface area contributed by atoms with Crippen LogP contribution in [-0.4, -0.2) is 31.1 Å². The minimum atomic E-state index is -0.952. The highest BCUT2D eigenvalue weighted by Gasteiger charge is 2.17. The van der Waals surface area contributed by atoms with Crippen LogP contribution in [0, 0.1) is 0 Å². The molecule has 0 aromatic heterocycles. The SMILES string of the molecule is CN1C=CC(=CC=Nc2ccc(C(=O)OC(=O)CC(=O)Nc3ccc(Cl)cc3)cc2)c2ccccc21. The van der Waals surface area contributed by atoms with Crippen molar-refractivity contribution in [3.05, 3.63) is 107 Å². The van der Waals surface area contributed by atoms with Crippen LogP contribution in [0.4, 0.5) is 17.1 Å². The maximum absolute atomic E-state index is 12.3. The van der Waals surface area contributed by atoms with Crippen LogP contribution in [0.5, 0.6) is 0 Å². The highest BCUT2D eigenvalue weighted by molar-refractivity contribution is 6.30. The Kier molecular flexibility index (Phi) is 7.72. The van der Waals surface area contributed by atoms with Crippen LogP contribution < -0.4 is 10.2 Å². The Balaban J connectivity index is 1.31. The topological polar surface area (TPSA) is 88.1 Å². The van der Waals surface area contributed by atoms with Crippen molar-refractivity contribution in [1.29, 1.82) is 0 Å². The molecule has 0 saturated heterocycles. The van der Waals surface area contributed by atoms with Gasteiger partial charge in [0, 0.05) is 41.4 Å². The van der Waals surface area contributed by atoms with E-state index in [2.05, 4.69) is 27.3 Å². The zero-order valence-electron chi connectivity index (χ0n) is 19.4. The number of nitrogens with one attached hydrogen (secondary N) is 1. The van der Waals surface area contributed by atoms with Crippen LogP contribution in [-0.2, 0) is 14.3 Å². The number of carbonyl (C=O) groups excluding carboxylic acids is 3. The molecule has 1 N–H and O–H groups in total. The highest BCUT2D eigenvalue weighted by atomic mass is 35.5. The number of esters is 2. The summed E-state index contributed by atoms with van der Waals surface area (Å²) in [6, 6.07) is 20.8. The molecule has 4 rings (SSSR count). The van der Waals surface area contributed by atoms with Crippen LogP contribution in [0.1, 0.15) is 22.3 Å². The number of nitrogens with zero attached hydrogens (tertiary/aromatic N) is 2. The average Bonchev–Trinajstić information content (AvgIpc) is 2.87. The Labute approximate surface area is 213 Å². The van der Waals surface area contributed by atoms with E-state index in [4.69, 9.17) is 16.3 Å². The van der Waals surface area contributed by atoms with Crippen molar-refractivity contribution in [3.8, 4) is 0 Å². The van der Waals surface area contributed by atoms with Gasteiger partial charge in [-0.2, -0.15) is 0 Å². The first-order valence-electron chi connectivity index (χ1n) is 11.0. The molecular weight excluding hydrogens is 478 g/mol. The van der Waals surface area contributed by atoms with E-state index in [1.54, 1.807) is 42.6 Å². The Morgan fingerprint density at radius 3 is 2.47 bits per heavy atom. The minimum Gasteiger partial charge on any atom is -0.389 e. The minimum absolute atomic E-state index is 0.172. The molecule has 7 nitrogen and oxygen atoms in total. The van der Waals surface area contributed by atoms with Gasteiger partial charge in [-0.05, 0) is 72.3 Å². The van der Waals surface area contributed by atoms with Gasteiger partial charge in [0.05, 0.1) is 11.3 Å². The maximum atomic E-state index is 12.3. The first kappa shape index (κ1) is 24.6. The number of anilines is 2. The number of hydrogen-bond acceptors (Lipinski definition) is 6. The van der Waals surface area contributed by atoms with Gasteiger partial charge in [0.15, 0.2) is 0 Å². The summed E-state index contributed by atoms with van der Waals surface area (Å²) in [6.45, 7) is 0. The Morgan fingerprint density at radius 1 is 1.00 bits per heavy atom. The second kappa shape index (κ2) is 11.3. The molecule has 3 aromatic carbocycles. The van der Waals surface area contributed by atoms with Crippen molar-refractivity contribution < 1.29 is 19.1 Å². The summed E-state index contributed by atoms with van der Waals surface area (Å²) in [5, 5.41) is 3.05. The maximum Gasteiger partial charge on any atom is 0.345 e. The molecule has 1 heterocycles. The van der Waals surface area contributed by atoms with Gasteiger partial charge < -0.3 is 15.0 Å². The first-order chi connectivity index (χ1) is 17.4. The number of hydrogen-bond donors (Lipinski definition) is 1. The quantitative estimate of drug-likeness (QED) is 0.263. The fraction of sp³-hybridized carbons (Fsp3) is 0.0714. The number of para-hydroxylation sites is 1. The summed E-state index contributed by atoms with van der Waals surface area (Å²) in [6.07, 6.45) is 7.01. The van der Waals surface area contributed by atoms with E-state index >= 15 is 0 Å². The standard InChI is InChI=1S/C28H22ClN3O4/c1-32-17-15-19(24-4-2-3-5-25(24)32)14-16-30-22-10-6-20(7-11-22)28(35)36-27(34)18-26(33)31-23-12-8-21(29)9-13-23/h2-17H,18H2,1H3,(H,31,33). The van der Waals surface area contributed by atoms with Crippen LogP contribution in [0.15, 0.2) is 96.1 Å². The molecule has 0 radical (unpaired) electrons. The molecule has 0 spiro atoms. The number of amides is 1. The molecule has 0 aliphatic carbocycles. The second-order valence-corrected chi connectivity index (χ2v) is 8.32. The number of rotatable bonds is 6. The predicted molar refractivity (Wildman–Crippen MR) is 142 cm³/mol. The number of carbonyl (C=O) groups is 3. The molecule has 180 valence electrons. The normalized spacial score (nSPS) is 13.5. The molecule has 3 aromatic rings. The first-order valence-corrected chi connectivity index (χ1v) is 11.4. The molecule has 0 unspecified atom stereocenters. The van der Waals surface area contributed by atoms with Crippen molar-refractivity contribution in [3.63, 3.8) is 0 Å². The molecule has 1 aliphatic rings. The third-order valence-electron chi connectivity index (χ3n) is 5.29. The second-order valence-electron chi connectivity index (χ2n) is 7.88. The molecule has 1 amide bonds. The van der Waals surface area contributed by atoms with E-state index in [0.717, 1.165) is 16.8 Å². The van der Waals surface area contributed by atoms with Crippen LogP contribution in [0.25, 0.3) is 5.57 Å². The van der Waals surface area contributed by atoms with Crippen molar-refractivity contribution in [1.82, 2.24) is 0 Å². The predicted octanol–water partition coefficient (Wildman–Crippen LogP) is 5.80. The summed E-state index contributed by atoms with van der Waals surface area (Å²) in [5.41, 5.74) is 4.53. The Morgan fingerprint density at radius 2 is 1.72 bits per heavy atom. The summed E-state index contributed by atoms with van der Waals surface area (Å²) in [5.74, 6) is -2.40. The van der Waals surface area contributed by atoms with Gasteiger partial charge in [-0.3, -0.25) is 14.6 Å². The number of halogens is 1. The number of fused-ring (bicyclic) bond motifs is 1. The third-order valence-corrected chi connectivity index (χ3v) is 5.54. The number of allylic oxidation sites excluding steroid dienone is 3. The molecule has 0 atom stereocenters. The Hall–Kier alpha value is -4.49. The smallest absolute Gasteiger partial charge is 0.345 e. The van der Waals surface area contributed by atoms with E-state index in [9.17, 15) is 14.4 Å². The van der Waals surface area contributed by atoms with Crippen LogP contribution in [0.2, 0.25) is 5.02 Å². The van der Waals surface area contributed by atoms with E-state index in [0.29, 0.717) is 16.4 Å². The van der Waals surface area contributed by atoms with Gasteiger partial charge in [0.25, 0.3) is 0 Å². The molecule has 0 fully saturated rings. The molecule has 36 heavy (non-hydrogen) atoms. The van der Waals surface area contributed by atoms with E-state index < -0.39 is 24.3 Å². The highest BCUT2D eigenvalue weighted by Crippen LogP contribution is 2.31. The molecular formula is C28H22ClN3O4. The van der Waals surface area contributed by atoms with Gasteiger partial charge in [0.1, 0.15) is 6.42 Å². The number of aliphatic imine (C=N–C) groups is 1. The van der Waals surface area contributed by atoms with Gasteiger partial charge in [-0.15, -0.1) is 0 Å². The third kappa shape index (κ3) is 6.34. The Bertz CT molecular complexity index is 1380. The lowest BCUT2D eigenvalue weighted by Gasteiger charge is -2.23. The van der Waals surface area contributed by atoms with Crippen molar-refractivity contribution in [2.24, 2.45) is 4.99 Å². The van der Waals surface area contributed by atoms with Crippen molar-refractivity contribution in [2.45, 2.75) is 6.42 Å². The van der Waals surface area contributed by atoms with Crippen LogP contribution >= 0.6 is 11.6 Å². The van der Waals surface area contributed by atoms with Gasteiger partial charge >= 0.3 is 11.9 Å². The molecule has 0 bridgehead atoms. The molecule has 8 heteroatoms. The number of ether oxygens (including phenoxy) is 1. The number of benzene rings is 3. The van der Waals surface area contributed by atoms with Crippen molar-refractivity contribution >= 4 is 58.3 Å². The average molecular weight is 500 g/mol. The van der Waals surface area contributed by atoms with E-state index in [-0.39, 0.29) is 5.56 Å². The van der Waals surface area contributed by atoms with E-state index in [1.807, 2.05) is 37.5 Å². The largest absolute Gasteiger partial charge is 0.389 e. The lowest BCUT2D eigenvalue weighted by atomic mass is 10.0. The summed E-state index contributed by atoms with van der Waals surface area (Å²) >= 11 is 5.80. The van der Waals surface area contributed by atoms with Crippen molar-refractivity contribution in [2.75, 3.05) is 17.3 Å². The van der Waals surface area contributed by atoms with Gasteiger partial charge in [0.2, 0.25) is 5.91 Å². The van der Waals surface area contributed by atoms with E-state index in [1.165, 1.54) is 12.1 Å². The zero-order chi connectivity index (χ0) is 25.5. The monoisotopic (exact) mass is 499 g/mol. The van der Waals surface area contributed by atoms with Gasteiger partial charge in [-0.1, -0.05) is 29.8 Å². The fourth-order valence-electron chi connectivity index (χ4n) is 3.49. The van der Waals surface area contributed by atoms with Crippen LogP contribution in [0.3, 0.4) is 0 Å². The van der Waals surface area contributed by atoms with Gasteiger partial charge in [-0.25, -0.2) is 4.79 Å². The summed E-state index contributed by atoms with van der Waals surface area (Å²) in [7, 11) is 2.00. The molecule has 1 aliphatic heterocycles. The lowest BCUT2D eigenvalue weighted by Crippen LogP contribution is -2.20. The summed E-state index contributed by atoms with van der Waals surface area (Å²) < 4.78 is 4.79. The lowest BCUT2D eigenvalue weighted by molar-refractivity contribution is -0.140.